The fourth-order valence-electron chi connectivity index (χ4n) is 2.31. The predicted octanol–water partition coefficient (Wildman–Crippen LogP) is 2.71. The molecule has 80 valence electrons. The molecule has 1 aromatic rings. The Balaban J connectivity index is 2.47. The first-order valence-corrected chi connectivity index (χ1v) is 5.50. The van der Waals surface area contributed by atoms with Crippen molar-refractivity contribution in [3.05, 3.63) is 40.1 Å². The minimum absolute atomic E-state index is 0.0643. The highest BCUT2D eigenvalue weighted by Crippen LogP contribution is 2.32. The van der Waals surface area contributed by atoms with Gasteiger partial charge in [0, 0.05) is 5.56 Å². The maximum atomic E-state index is 12.1. The van der Waals surface area contributed by atoms with Gasteiger partial charge in [-0.05, 0) is 24.8 Å². The summed E-state index contributed by atoms with van der Waals surface area (Å²) in [5.41, 5.74) is 0.990. The Bertz CT molecular complexity index is 392. The lowest BCUT2D eigenvalue weighted by atomic mass is 9.99. The van der Waals surface area contributed by atoms with Gasteiger partial charge in [-0.15, -0.1) is 0 Å². The van der Waals surface area contributed by atoms with Crippen molar-refractivity contribution in [3.63, 3.8) is 0 Å². The average Bonchev–Trinajstić information content (AvgIpc) is 2.70. The van der Waals surface area contributed by atoms with E-state index in [0.29, 0.717) is 11.7 Å². The Labute approximate surface area is 89.9 Å². The van der Waals surface area contributed by atoms with Crippen molar-refractivity contribution in [2.45, 2.75) is 31.6 Å². The molecule has 0 spiro atoms. The van der Waals surface area contributed by atoms with Gasteiger partial charge in [-0.1, -0.05) is 31.0 Å². The van der Waals surface area contributed by atoms with E-state index in [-0.39, 0.29) is 5.43 Å². The van der Waals surface area contributed by atoms with Crippen molar-refractivity contribution >= 4 is 0 Å². The zero-order chi connectivity index (χ0) is 10.7. The second kappa shape index (κ2) is 4.47. The lowest BCUT2D eigenvalue weighted by Gasteiger charge is -2.06. The first kappa shape index (κ1) is 10.2. The van der Waals surface area contributed by atoms with Crippen LogP contribution in [-0.4, -0.2) is 7.11 Å². The molecule has 1 saturated carbocycles. The summed E-state index contributed by atoms with van der Waals surface area (Å²) in [6, 6.07) is 7.47. The van der Waals surface area contributed by atoms with Crippen LogP contribution >= 0.6 is 0 Å². The number of hydrogen-bond donors (Lipinski definition) is 0. The number of methoxy groups -OCH3 is 1. The second-order valence-electron chi connectivity index (χ2n) is 4.05. The molecule has 0 heterocycles. The van der Waals surface area contributed by atoms with Gasteiger partial charge in [0.1, 0.15) is 0 Å². The van der Waals surface area contributed by atoms with E-state index in [2.05, 4.69) is 0 Å². The Kier molecular flexibility index (Phi) is 3.05. The largest absolute Gasteiger partial charge is 0.493 e. The number of ether oxygens (including phenoxy) is 1. The number of hydrogen-bond acceptors (Lipinski definition) is 2. The van der Waals surface area contributed by atoms with Crippen molar-refractivity contribution in [2.24, 2.45) is 0 Å². The lowest BCUT2D eigenvalue weighted by Crippen LogP contribution is -2.11. The fourth-order valence-corrected chi connectivity index (χ4v) is 2.31. The molecule has 0 aromatic heterocycles. The van der Waals surface area contributed by atoms with Crippen molar-refractivity contribution in [1.82, 2.24) is 0 Å². The van der Waals surface area contributed by atoms with E-state index in [4.69, 9.17) is 4.74 Å². The van der Waals surface area contributed by atoms with E-state index in [0.717, 1.165) is 18.4 Å². The Morgan fingerprint density at radius 3 is 2.53 bits per heavy atom. The predicted molar refractivity (Wildman–Crippen MR) is 60.5 cm³/mol. The van der Waals surface area contributed by atoms with Crippen LogP contribution in [0.25, 0.3) is 0 Å². The molecule has 0 saturated heterocycles. The zero-order valence-electron chi connectivity index (χ0n) is 9.03. The Hall–Kier alpha value is -1.31. The summed E-state index contributed by atoms with van der Waals surface area (Å²) in [6.45, 7) is 0. The third-order valence-electron chi connectivity index (χ3n) is 3.14. The summed E-state index contributed by atoms with van der Waals surface area (Å²) in [7, 11) is 1.55. The molecule has 0 radical (unpaired) electrons. The van der Waals surface area contributed by atoms with Crippen molar-refractivity contribution in [2.75, 3.05) is 7.11 Å². The topological polar surface area (TPSA) is 26.3 Å². The van der Waals surface area contributed by atoms with E-state index in [1.165, 1.54) is 12.8 Å². The second-order valence-corrected chi connectivity index (χ2v) is 4.05. The molecule has 1 fully saturated rings. The Morgan fingerprint density at radius 1 is 1.20 bits per heavy atom. The average molecular weight is 204 g/mol. The molecule has 0 atom stereocenters. The molecule has 2 nitrogen and oxygen atoms in total. The molecule has 2 heteroatoms. The molecule has 1 aliphatic carbocycles. The summed E-state index contributed by atoms with van der Waals surface area (Å²) in [5.74, 6) is 0.903. The van der Waals surface area contributed by atoms with Crippen LogP contribution in [0.5, 0.6) is 5.75 Å². The summed E-state index contributed by atoms with van der Waals surface area (Å²) >= 11 is 0. The normalized spacial score (nSPS) is 16.6. The maximum absolute atomic E-state index is 12.1. The van der Waals surface area contributed by atoms with Crippen LogP contribution in [0, 0.1) is 0 Å². The smallest absolute Gasteiger partial charge is 0.223 e. The van der Waals surface area contributed by atoms with Gasteiger partial charge in [0.25, 0.3) is 0 Å². The van der Waals surface area contributed by atoms with E-state index in [9.17, 15) is 4.79 Å². The maximum Gasteiger partial charge on any atom is 0.223 e. The summed E-state index contributed by atoms with van der Waals surface area (Å²) in [4.78, 5) is 12.1. The number of rotatable bonds is 2. The van der Waals surface area contributed by atoms with Crippen LogP contribution in [0.3, 0.4) is 0 Å². The zero-order valence-corrected chi connectivity index (χ0v) is 9.03. The van der Waals surface area contributed by atoms with Gasteiger partial charge in [-0.25, -0.2) is 0 Å². The van der Waals surface area contributed by atoms with Crippen LogP contribution in [-0.2, 0) is 0 Å². The van der Waals surface area contributed by atoms with Gasteiger partial charge in [0.05, 0.1) is 7.11 Å². The first-order chi connectivity index (χ1) is 7.33. The molecule has 0 unspecified atom stereocenters. The van der Waals surface area contributed by atoms with Gasteiger partial charge >= 0.3 is 0 Å². The monoisotopic (exact) mass is 204 g/mol. The minimum Gasteiger partial charge on any atom is -0.493 e. The highest BCUT2D eigenvalue weighted by atomic mass is 16.5. The minimum atomic E-state index is 0.0643. The molecule has 1 aliphatic rings. The van der Waals surface area contributed by atoms with Gasteiger partial charge < -0.3 is 4.74 Å². The highest BCUT2D eigenvalue weighted by Gasteiger charge is 2.19. The van der Waals surface area contributed by atoms with E-state index < -0.39 is 0 Å². The van der Waals surface area contributed by atoms with Crippen molar-refractivity contribution in [3.8, 4) is 5.75 Å². The lowest BCUT2D eigenvalue weighted by molar-refractivity contribution is 0.410. The van der Waals surface area contributed by atoms with E-state index >= 15 is 0 Å². The fraction of sp³-hybridized carbons (Fsp3) is 0.462. The summed E-state index contributed by atoms with van der Waals surface area (Å²) in [5, 5.41) is 0. The molecule has 0 aliphatic heterocycles. The van der Waals surface area contributed by atoms with Crippen LogP contribution in [0.1, 0.15) is 37.2 Å². The van der Waals surface area contributed by atoms with Gasteiger partial charge in [-0.2, -0.15) is 0 Å². The molecular weight excluding hydrogens is 188 g/mol. The highest BCUT2D eigenvalue weighted by molar-refractivity contribution is 5.29. The standard InChI is InChI=1S/C13H16O2/c1-15-12-9-5-4-8-11(13(12)14)10-6-2-3-7-10/h4-5,8-10H,2-3,6-7H2,1H3. The van der Waals surface area contributed by atoms with E-state index in [1.807, 2.05) is 18.2 Å². The molecule has 0 amide bonds. The first-order valence-electron chi connectivity index (χ1n) is 5.50. The van der Waals surface area contributed by atoms with E-state index in [1.54, 1.807) is 13.2 Å². The third kappa shape index (κ3) is 2.04. The molecule has 1 aromatic carbocycles. The van der Waals surface area contributed by atoms with Crippen molar-refractivity contribution in [1.29, 1.82) is 0 Å². The Morgan fingerprint density at radius 2 is 1.87 bits per heavy atom. The SMILES string of the molecule is COc1ccccc(C2CCCC2)c1=O. The molecule has 15 heavy (non-hydrogen) atoms. The molecule has 0 N–H and O–H groups in total. The van der Waals surface area contributed by atoms with Gasteiger partial charge in [0.2, 0.25) is 5.43 Å². The van der Waals surface area contributed by atoms with Gasteiger partial charge in [-0.3, -0.25) is 4.79 Å². The quantitative estimate of drug-likeness (QED) is 0.740. The van der Waals surface area contributed by atoms with Crippen LogP contribution < -0.4 is 10.2 Å². The molecular formula is C13H16O2. The van der Waals surface area contributed by atoms with Crippen LogP contribution in [0.4, 0.5) is 0 Å². The van der Waals surface area contributed by atoms with Crippen LogP contribution in [0.15, 0.2) is 29.1 Å². The van der Waals surface area contributed by atoms with Crippen LogP contribution in [0.2, 0.25) is 0 Å². The molecule has 0 bridgehead atoms. The molecule has 2 rings (SSSR count). The summed E-state index contributed by atoms with van der Waals surface area (Å²) in [6.07, 6.45) is 4.76. The van der Waals surface area contributed by atoms with Gasteiger partial charge in [0.15, 0.2) is 5.75 Å². The third-order valence-corrected chi connectivity index (χ3v) is 3.14. The van der Waals surface area contributed by atoms with Crippen molar-refractivity contribution < 1.29 is 4.74 Å². The summed E-state index contributed by atoms with van der Waals surface area (Å²) < 4.78 is 5.09.